The van der Waals surface area contributed by atoms with Crippen LogP contribution < -0.4 is 14.8 Å². The van der Waals surface area contributed by atoms with E-state index in [-0.39, 0.29) is 24.0 Å². The van der Waals surface area contributed by atoms with E-state index in [9.17, 15) is 4.79 Å². The van der Waals surface area contributed by atoms with Crippen LogP contribution in [-0.4, -0.2) is 33.2 Å². The monoisotopic (exact) mass is 408 g/mol. The molecule has 29 heavy (non-hydrogen) atoms. The molecule has 0 atom stereocenters. The fraction of sp³-hybridized carbons (Fsp3) is 0.286. The maximum Gasteiger partial charge on any atom is 0.234 e. The van der Waals surface area contributed by atoms with Gasteiger partial charge >= 0.3 is 0 Å². The number of ether oxygens (including phenoxy) is 2. The van der Waals surface area contributed by atoms with Gasteiger partial charge in [0.25, 0.3) is 0 Å². The van der Waals surface area contributed by atoms with E-state index in [0.717, 1.165) is 23.0 Å². The summed E-state index contributed by atoms with van der Waals surface area (Å²) in [6.45, 7) is 4.55. The van der Waals surface area contributed by atoms with Gasteiger partial charge in [0.05, 0.1) is 5.75 Å². The first-order valence-corrected chi connectivity index (χ1v) is 10.4. The lowest BCUT2D eigenvalue weighted by molar-refractivity contribution is -0.113. The summed E-state index contributed by atoms with van der Waals surface area (Å²) in [6.07, 6.45) is 0.894. The number of nitrogens with zero attached hydrogens (tertiary/aromatic N) is 3. The van der Waals surface area contributed by atoms with Gasteiger partial charge in [0.1, 0.15) is 0 Å². The number of benzene rings is 2. The summed E-state index contributed by atoms with van der Waals surface area (Å²) in [7, 11) is 0. The van der Waals surface area contributed by atoms with Crippen molar-refractivity contribution in [1.29, 1.82) is 0 Å². The van der Waals surface area contributed by atoms with Crippen molar-refractivity contribution in [3.05, 3.63) is 48.0 Å². The molecule has 8 heteroatoms. The van der Waals surface area contributed by atoms with Crippen LogP contribution in [0.5, 0.6) is 11.5 Å². The second kappa shape index (κ2) is 6.81. The number of fused-ring (bicyclic) bond motifs is 4. The van der Waals surface area contributed by atoms with Crippen molar-refractivity contribution < 1.29 is 14.3 Å². The zero-order valence-electron chi connectivity index (χ0n) is 16.1. The summed E-state index contributed by atoms with van der Waals surface area (Å²) < 4.78 is 12.8. The first kappa shape index (κ1) is 18.1. The SMILES string of the molecule is CC1(C)Cc2ccccc2-c2nnc(SCC(=O)Nc3ccc4c(c3)OCO4)n21. The molecule has 2 aliphatic heterocycles. The van der Waals surface area contributed by atoms with Gasteiger partial charge < -0.3 is 14.8 Å². The van der Waals surface area contributed by atoms with E-state index in [1.165, 1.54) is 17.3 Å². The molecule has 7 nitrogen and oxygen atoms in total. The second-order valence-electron chi connectivity index (χ2n) is 7.69. The fourth-order valence-corrected chi connectivity index (χ4v) is 4.72. The molecule has 2 aliphatic rings. The summed E-state index contributed by atoms with van der Waals surface area (Å²) in [5.41, 5.74) is 2.89. The van der Waals surface area contributed by atoms with E-state index in [1.807, 2.05) is 6.07 Å². The molecule has 0 fully saturated rings. The van der Waals surface area contributed by atoms with E-state index >= 15 is 0 Å². The lowest BCUT2D eigenvalue weighted by Gasteiger charge is -2.34. The average Bonchev–Trinajstić information content (AvgIpc) is 3.33. The van der Waals surface area contributed by atoms with Gasteiger partial charge in [0.2, 0.25) is 12.7 Å². The number of amides is 1. The molecule has 3 aromatic rings. The van der Waals surface area contributed by atoms with Crippen LogP contribution in [0.4, 0.5) is 5.69 Å². The summed E-state index contributed by atoms with van der Waals surface area (Å²) in [5, 5.41) is 12.5. The van der Waals surface area contributed by atoms with Crippen molar-refractivity contribution in [3.63, 3.8) is 0 Å². The van der Waals surface area contributed by atoms with Gasteiger partial charge in [-0.15, -0.1) is 10.2 Å². The van der Waals surface area contributed by atoms with E-state index in [0.29, 0.717) is 17.2 Å². The van der Waals surface area contributed by atoms with Crippen molar-refractivity contribution in [2.75, 3.05) is 17.9 Å². The quantitative estimate of drug-likeness (QED) is 0.664. The number of thioether (sulfide) groups is 1. The van der Waals surface area contributed by atoms with Crippen molar-refractivity contribution in [2.24, 2.45) is 0 Å². The number of rotatable bonds is 4. The molecule has 0 spiro atoms. The summed E-state index contributed by atoms with van der Waals surface area (Å²) in [6, 6.07) is 13.6. The standard InChI is InChI=1S/C21H20N4O3S/c1-21(2)10-13-5-3-4-6-15(13)19-23-24-20(25(19)21)29-11-18(26)22-14-7-8-16-17(9-14)28-12-27-16/h3-9H,10-12H2,1-2H3,(H,22,26). The van der Waals surface area contributed by atoms with Crippen molar-refractivity contribution >= 4 is 23.4 Å². The summed E-state index contributed by atoms with van der Waals surface area (Å²) in [5.74, 6) is 2.32. The number of carbonyl (C=O) groups is 1. The molecular formula is C21H20N4O3S. The minimum Gasteiger partial charge on any atom is -0.454 e. The molecule has 2 aromatic carbocycles. The average molecular weight is 408 g/mol. The molecule has 1 aromatic heterocycles. The van der Waals surface area contributed by atoms with Gasteiger partial charge in [-0.05, 0) is 38.0 Å². The Hall–Kier alpha value is -3.00. The van der Waals surface area contributed by atoms with Crippen molar-refractivity contribution in [3.8, 4) is 22.9 Å². The molecular weight excluding hydrogens is 388 g/mol. The van der Waals surface area contributed by atoms with Crippen molar-refractivity contribution in [2.45, 2.75) is 31.0 Å². The first-order chi connectivity index (χ1) is 14.0. The van der Waals surface area contributed by atoms with Gasteiger partial charge in [-0.1, -0.05) is 36.0 Å². The third kappa shape index (κ3) is 3.23. The summed E-state index contributed by atoms with van der Waals surface area (Å²) >= 11 is 1.39. The normalized spacial score (nSPS) is 15.5. The highest BCUT2D eigenvalue weighted by Crippen LogP contribution is 2.39. The van der Waals surface area contributed by atoms with Crippen LogP contribution in [0.3, 0.4) is 0 Å². The Labute approximate surface area is 172 Å². The van der Waals surface area contributed by atoms with Gasteiger partial charge in [-0.2, -0.15) is 0 Å². The van der Waals surface area contributed by atoms with E-state index in [2.05, 4.69) is 52.1 Å². The first-order valence-electron chi connectivity index (χ1n) is 9.38. The Balaban J connectivity index is 1.32. The van der Waals surface area contributed by atoms with Crippen LogP contribution in [0.15, 0.2) is 47.6 Å². The number of carbonyl (C=O) groups excluding carboxylic acids is 1. The number of anilines is 1. The zero-order chi connectivity index (χ0) is 20.0. The topological polar surface area (TPSA) is 78.3 Å². The third-order valence-electron chi connectivity index (χ3n) is 5.11. The molecule has 0 radical (unpaired) electrons. The maximum atomic E-state index is 12.5. The number of hydrogen-bond donors (Lipinski definition) is 1. The number of aromatic nitrogens is 3. The van der Waals surface area contributed by atoms with Crippen LogP contribution in [0.1, 0.15) is 19.4 Å². The predicted octanol–water partition coefficient (Wildman–Crippen LogP) is 3.70. The molecule has 0 unspecified atom stereocenters. The van der Waals surface area contributed by atoms with Gasteiger partial charge in [0.15, 0.2) is 22.5 Å². The van der Waals surface area contributed by atoms with E-state index in [1.54, 1.807) is 18.2 Å². The Morgan fingerprint density at radius 3 is 2.90 bits per heavy atom. The zero-order valence-corrected chi connectivity index (χ0v) is 17.0. The molecule has 148 valence electrons. The molecule has 0 saturated carbocycles. The highest BCUT2D eigenvalue weighted by molar-refractivity contribution is 7.99. The van der Waals surface area contributed by atoms with Crippen LogP contribution >= 0.6 is 11.8 Å². The largest absolute Gasteiger partial charge is 0.454 e. The molecule has 1 N–H and O–H groups in total. The van der Waals surface area contributed by atoms with Crippen LogP contribution in [-0.2, 0) is 16.8 Å². The summed E-state index contributed by atoms with van der Waals surface area (Å²) in [4.78, 5) is 12.5. The minimum atomic E-state index is -0.163. The van der Waals surface area contributed by atoms with Gasteiger partial charge in [-0.25, -0.2) is 0 Å². The van der Waals surface area contributed by atoms with Gasteiger partial charge in [0, 0.05) is 22.9 Å². The molecule has 5 rings (SSSR count). The van der Waals surface area contributed by atoms with Gasteiger partial charge in [-0.3, -0.25) is 9.36 Å². The molecule has 0 aliphatic carbocycles. The molecule has 3 heterocycles. The minimum absolute atomic E-state index is 0.111. The van der Waals surface area contributed by atoms with Crippen LogP contribution in [0.25, 0.3) is 11.4 Å². The smallest absolute Gasteiger partial charge is 0.234 e. The Bertz CT molecular complexity index is 1110. The molecule has 0 bridgehead atoms. The third-order valence-corrected chi connectivity index (χ3v) is 6.04. The van der Waals surface area contributed by atoms with Crippen LogP contribution in [0, 0.1) is 0 Å². The Morgan fingerprint density at radius 1 is 1.17 bits per heavy atom. The molecule has 1 amide bonds. The lowest BCUT2D eigenvalue weighted by Crippen LogP contribution is -2.33. The Morgan fingerprint density at radius 2 is 2.00 bits per heavy atom. The number of nitrogens with one attached hydrogen (secondary N) is 1. The number of hydrogen-bond acceptors (Lipinski definition) is 6. The highest BCUT2D eigenvalue weighted by atomic mass is 32.2. The highest BCUT2D eigenvalue weighted by Gasteiger charge is 2.34. The van der Waals surface area contributed by atoms with E-state index < -0.39 is 0 Å². The fourth-order valence-electron chi connectivity index (χ4n) is 3.82. The predicted molar refractivity (Wildman–Crippen MR) is 110 cm³/mol. The Kier molecular flexibility index (Phi) is 4.24. The maximum absolute atomic E-state index is 12.5. The van der Waals surface area contributed by atoms with E-state index in [4.69, 9.17) is 9.47 Å². The van der Waals surface area contributed by atoms with Crippen molar-refractivity contribution in [1.82, 2.24) is 14.8 Å². The van der Waals surface area contributed by atoms with Crippen LogP contribution in [0.2, 0.25) is 0 Å². The lowest BCUT2D eigenvalue weighted by atomic mass is 9.87. The second-order valence-corrected chi connectivity index (χ2v) is 8.64. The molecule has 0 saturated heterocycles.